The van der Waals surface area contributed by atoms with Gasteiger partial charge >= 0.3 is 0 Å². The number of aryl methyl sites for hydroxylation is 1. The van der Waals surface area contributed by atoms with Gasteiger partial charge in [-0.3, -0.25) is 4.79 Å². The van der Waals surface area contributed by atoms with Gasteiger partial charge in [0.1, 0.15) is 32.7 Å². The molecule has 0 spiro atoms. The minimum absolute atomic E-state index is 0.0628. The van der Waals surface area contributed by atoms with Crippen LogP contribution < -0.4 is 15.1 Å². The minimum atomic E-state index is 0.0628. The molecule has 1 saturated heterocycles. The van der Waals surface area contributed by atoms with Crippen molar-refractivity contribution < 1.29 is 14.6 Å². The molecule has 2 aromatic rings. The zero-order chi connectivity index (χ0) is 19.1. The van der Waals surface area contributed by atoms with E-state index in [9.17, 15) is 4.79 Å². The van der Waals surface area contributed by atoms with Crippen LogP contribution in [0.25, 0.3) is 0 Å². The lowest BCUT2D eigenvalue weighted by Gasteiger charge is -2.29. The molecule has 2 aromatic carbocycles. The summed E-state index contributed by atoms with van der Waals surface area (Å²) in [6.07, 6.45) is 1.04. The maximum Gasteiger partial charge on any atom is 0.275 e. The third kappa shape index (κ3) is 5.91. The highest BCUT2D eigenvalue weighted by molar-refractivity contribution is 5.77. The normalized spacial score (nSPS) is 20.8. The molecule has 0 aliphatic carbocycles. The second kappa shape index (κ2) is 9.67. The van der Waals surface area contributed by atoms with Crippen LogP contribution in [0.2, 0.25) is 0 Å². The Morgan fingerprint density at radius 1 is 0.926 bits per heavy atom. The van der Waals surface area contributed by atoms with Gasteiger partial charge in [-0.25, -0.2) is 0 Å². The van der Waals surface area contributed by atoms with Crippen molar-refractivity contribution in [1.29, 1.82) is 0 Å². The van der Waals surface area contributed by atoms with E-state index in [0.717, 1.165) is 39.1 Å². The van der Waals surface area contributed by atoms with Crippen molar-refractivity contribution in [1.82, 2.24) is 5.32 Å². The third-order valence-corrected chi connectivity index (χ3v) is 5.64. The van der Waals surface area contributed by atoms with E-state index in [4.69, 9.17) is 0 Å². The molecule has 4 nitrogen and oxygen atoms in total. The molecule has 1 atom stereocenters. The van der Waals surface area contributed by atoms with E-state index in [1.54, 1.807) is 4.90 Å². The van der Waals surface area contributed by atoms with E-state index in [1.807, 2.05) is 0 Å². The molecule has 1 aliphatic rings. The zero-order valence-corrected chi connectivity index (χ0v) is 16.6. The molecule has 0 unspecified atom stereocenters. The number of hydrogen-bond acceptors (Lipinski definition) is 1. The Morgan fingerprint density at radius 3 is 2.19 bits per heavy atom. The molecule has 1 heterocycles. The van der Waals surface area contributed by atoms with Crippen LogP contribution >= 0.6 is 0 Å². The Bertz CT molecular complexity index is 706. The van der Waals surface area contributed by atoms with Crippen molar-refractivity contribution >= 4 is 5.91 Å². The molecule has 1 fully saturated rings. The molecule has 3 N–H and O–H groups in total. The summed E-state index contributed by atoms with van der Waals surface area (Å²) in [5, 5.41) is 3.17. The number of quaternary nitrogens is 2. The predicted molar refractivity (Wildman–Crippen MR) is 109 cm³/mol. The van der Waals surface area contributed by atoms with Crippen LogP contribution in [0.4, 0.5) is 0 Å². The number of benzene rings is 2. The Balaban J connectivity index is 1.41. The summed E-state index contributed by atoms with van der Waals surface area (Å²) in [5.41, 5.74) is 3.90. The summed E-state index contributed by atoms with van der Waals surface area (Å²) in [6.45, 7) is 10.3. The SMILES string of the molecule is CCc1ccc([C@@H](C)NC(=O)C[NH+]2CC[NH+](Cc3ccccc3)CC2)cc1. The maximum absolute atomic E-state index is 12.5. The largest absolute Gasteiger partial charge is 0.345 e. The topological polar surface area (TPSA) is 38.0 Å². The van der Waals surface area contributed by atoms with E-state index in [2.05, 4.69) is 73.8 Å². The van der Waals surface area contributed by atoms with Gasteiger partial charge in [0.15, 0.2) is 6.54 Å². The maximum atomic E-state index is 12.5. The van der Waals surface area contributed by atoms with E-state index < -0.39 is 0 Å². The van der Waals surface area contributed by atoms with Crippen LogP contribution in [0.1, 0.15) is 36.6 Å². The highest BCUT2D eigenvalue weighted by Gasteiger charge is 2.25. The zero-order valence-electron chi connectivity index (χ0n) is 16.6. The number of nitrogens with one attached hydrogen (secondary N) is 3. The molecule has 0 radical (unpaired) electrons. The van der Waals surface area contributed by atoms with Gasteiger partial charge in [-0.1, -0.05) is 61.5 Å². The van der Waals surface area contributed by atoms with Gasteiger partial charge in [0.05, 0.1) is 6.04 Å². The van der Waals surface area contributed by atoms with E-state index in [0.29, 0.717) is 6.54 Å². The van der Waals surface area contributed by atoms with Gasteiger partial charge < -0.3 is 15.1 Å². The molecule has 0 aromatic heterocycles. The Labute approximate surface area is 163 Å². The first-order valence-electron chi connectivity index (χ1n) is 10.2. The Hall–Kier alpha value is -2.17. The molecule has 27 heavy (non-hydrogen) atoms. The molecule has 144 valence electrons. The number of piperazine rings is 1. The van der Waals surface area contributed by atoms with Gasteiger partial charge in [0.25, 0.3) is 5.91 Å². The van der Waals surface area contributed by atoms with Gasteiger partial charge in [-0.05, 0) is 24.5 Å². The number of amides is 1. The first kappa shape index (κ1) is 19.6. The van der Waals surface area contributed by atoms with Gasteiger partial charge in [-0.15, -0.1) is 0 Å². The smallest absolute Gasteiger partial charge is 0.275 e. The molecule has 1 aliphatic heterocycles. The van der Waals surface area contributed by atoms with Crippen LogP contribution in [0.5, 0.6) is 0 Å². The Kier molecular flexibility index (Phi) is 7.02. The molecular weight excluding hydrogens is 334 g/mol. The van der Waals surface area contributed by atoms with Crippen LogP contribution in [0.15, 0.2) is 54.6 Å². The molecule has 4 heteroatoms. The molecule has 3 rings (SSSR count). The van der Waals surface area contributed by atoms with Crippen molar-refractivity contribution in [2.75, 3.05) is 32.7 Å². The van der Waals surface area contributed by atoms with E-state index in [-0.39, 0.29) is 11.9 Å². The quantitative estimate of drug-likeness (QED) is 0.652. The number of rotatable bonds is 7. The number of hydrogen-bond donors (Lipinski definition) is 3. The summed E-state index contributed by atoms with van der Waals surface area (Å²) < 4.78 is 0. The van der Waals surface area contributed by atoms with E-state index >= 15 is 0 Å². The predicted octanol–water partition coefficient (Wildman–Crippen LogP) is 0.410. The fraction of sp³-hybridized carbons (Fsp3) is 0.435. The second-order valence-corrected chi connectivity index (χ2v) is 7.72. The van der Waals surface area contributed by atoms with Crippen molar-refractivity contribution in [2.45, 2.75) is 32.9 Å². The minimum Gasteiger partial charge on any atom is -0.345 e. The summed E-state index contributed by atoms with van der Waals surface area (Å²) in [5.74, 6) is 0.156. The highest BCUT2D eigenvalue weighted by Crippen LogP contribution is 2.13. The highest BCUT2D eigenvalue weighted by atomic mass is 16.2. The van der Waals surface area contributed by atoms with Crippen LogP contribution in [-0.2, 0) is 17.8 Å². The van der Waals surface area contributed by atoms with Crippen molar-refractivity contribution in [3.05, 3.63) is 71.3 Å². The van der Waals surface area contributed by atoms with Gasteiger partial charge in [-0.2, -0.15) is 0 Å². The first-order chi connectivity index (χ1) is 13.1. The third-order valence-electron chi connectivity index (χ3n) is 5.64. The second-order valence-electron chi connectivity index (χ2n) is 7.72. The van der Waals surface area contributed by atoms with Gasteiger partial charge in [0, 0.05) is 5.56 Å². The van der Waals surface area contributed by atoms with Crippen molar-refractivity contribution in [2.24, 2.45) is 0 Å². The number of carbonyl (C=O) groups is 1. The lowest BCUT2D eigenvalue weighted by atomic mass is 10.1. The lowest BCUT2D eigenvalue weighted by molar-refractivity contribution is -1.02. The molecule has 0 bridgehead atoms. The standard InChI is InChI=1S/C23H31N3O/c1-3-20-9-11-22(12-10-20)19(2)24-23(27)18-26-15-13-25(14-16-26)17-21-7-5-4-6-8-21/h4-12,19H,3,13-18H2,1-2H3,(H,24,27)/p+2/t19-/m1/s1. The van der Waals surface area contributed by atoms with Crippen molar-refractivity contribution in [3.63, 3.8) is 0 Å². The molecular formula is C23H33N3O+2. The molecule has 1 amide bonds. The van der Waals surface area contributed by atoms with Crippen LogP contribution in [0, 0.1) is 0 Å². The average Bonchev–Trinajstić information content (AvgIpc) is 2.70. The monoisotopic (exact) mass is 367 g/mol. The first-order valence-corrected chi connectivity index (χ1v) is 10.2. The fourth-order valence-electron chi connectivity index (χ4n) is 3.84. The molecule has 0 saturated carbocycles. The summed E-state index contributed by atoms with van der Waals surface area (Å²) >= 11 is 0. The van der Waals surface area contributed by atoms with Gasteiger partial charge in [0.2, 0.25) is 0 Å². The van der Waals surface area contributed by atoms with Crippen molar-refractivity contribution in [3.8, 4) is 0 Å². The van der Waals surface area contributed by atoms with Crippen LogP contribution in [-0.4, -0.2) is 38.6 Å². The fourth-order valence-corrected chi connectivity index (χ4v) is 3.84. The number of carbonyl (C=O) groups excluding carboxylic acids is 1. The van der Waals surface area contributed by atoms with E-state index in [1.165, 1.54) is 21.6 Å². The lowest BCUT2D eigenvalue weighted by Crippen LogP contribution is -3.28. The summed E-state index contributed by atoms with van der Waals surface area (Å²) in [6, 6.07) is 19.3. The average molecular weight is 368 g/mol. The summed E-state index contributed by atoms with van der Waals surface area (Å²) in [7, 11) is 0. The van der Waals surface area contributed by atoms with Crippen LogP contribution in [0.3, 0.4) is 0 Å². The summed E-state index contributed by atoms with van der Waals surface area (Å²) in [4.78, 5) is 15.5. The Morgan fingerprint density at radius 2 is 1.56 bits per heavy atom.